The molecule has 1 aliphatic rings. The number of aromatic nitrogens is 1. The van der Waals surface area contributed by atoms with E-state index < -0.39 is 0 Å². The van der Waals surface area contributed by atoms with Crippen molar-refractivity contribution in [3.05, 3.63) is 64.3 Å². The Morgan fingerprint density at radius 3 is 2.65 bits per heavy atom. The highest BCUT2D eigenvalue weighted by molar-refractivity contribution is 6.35. The normalized spacial score (nSPS) is 15.5. The van der Waals surface area contributed by atoms with E-state index in [4.69, 9.17) is 23.2 Å². The van der Waals surface area contributed by atoms with E-state index in [1.165, 1.54) is 0 Å². The average molecular weight is 386 g/mol. The van der Waals surface area contributed by atoms with E-state index in [0.29, 0.717) is 16.5 Å². The van der Waals surface area contributed by atoms with Crippen LogP contribution in [0.5, 0.6) is 5.75 Å². The quantitative estimate of drug-likeness (QED) is 0.542. The number of pyridine rings is 1. The van der Waals surface area contributed by atoms with Crippen LogP contribution in [-0.4, -0.2) is 18.1 Å². The molecule has 133 valence electrons. The summed E-state index contributed by atoms with van der Waals surface area (Å²) < 4.78 is 0. The summed E-state index contributed by atoms with van der Waals surface area (Å²) >= 11 is 12.3. The van der Waals surface area contributed by atoms with Crippen LogP contribution in [0.3, 0.4) is 0 Å². The van der Waals surface area contributed by atoms with Gasteiger partial charge in [0.25, 0.3) is 0 Å². The third-order valence-corrected chi connectivity index (χ3v) is 5.77. The molecule has 0 saturated carbocycles. The van der Waals surface area contributed by atoms with Crippen LogP contribution >= 0.6 is 23.2 Å². The minimum atomic E-state index is 0.0299. The predicted molar refractivity (Wildman–Crippen MR) is 107 cm³/mol. The van der Waals surface area contributed by atoms with Crippen molar-refractivity contribution in [1.82, 2.24) is 4.98 Å². The van der Waals surface area contributed by atoms with Gasteiger partial charge in [-0.15, -0.1) is 0 Å². The minimum Gasteiger partial charge on any atom is -0.368 e. The van der Waals surface area contributed by atoms with Gasteiger partial charge in [-0.2, -0.15) is 0 Å². The highest BCUT2D eigenvalue weighted by atomic mass is 35.5. The molecule has 3 aromatic rings. The van der Waals surface area contributed by atoms with Gasteiger partial charge in [-0.3, -0.25) is 10.1 Å². The lowest BCUT2D eigenvalue weighted by atomic mass is 9.90. The van der Waals surface area contributed by atoms with Crippen LogP contribution in [0, 0.1) is 5.92 Å². The number of hydrogen-bond donors (Lipinski definition) is 0. The molecule has 1 aromatic heterocycles. The molecular formula is C21H19Cl2N2O. The molecule has 2 heterocycles. The molecule has 3 nitrogen and oxygen atoms in total. The summed E-state index contributed by atoms with van der Waals surface area (Å²) in [4.78, 5) is 6.45. The Labute approximate surface area is 163 Å². The zero-order chi connectivity index (χ0) is 18.1. The molecule has 0 aliphatic carbocycles. The summed E-state index contributed by atoms with van der Waals surface area (Å²) in [6.07, 6.45) is 4.71. The van der Waals surface area contributed by atoms with Crippen LogP contribution in [0.15, 0.2) is 48.7 Å². The van der Waals surface area contributed by atoms with Crippen molar-refractivity contribution in [3.63, 3.8) is 0 Å². The molecule has 0 amide bonds. The van der Waals surface area contributed by atoms with E-state index in [9.17, 15) is 5.11 Å². The SMILES string of the molecule is [O]c1c(N2CCC(Cc3ccc(Cl)cc3Cl)CC2)ccc2cccnc12. The lowest BCUT2D eigenvalue weighted by Crippen LogP contribution is -2.34. The largest absolute Gasteiger partial charge is 0.368 e. The number of nitrogens with zero attached hydrogens (tertiary/aromatic N) is 2. The first-order valence-corrected chi connectivity index (χ1v) is 9.61. The van der Waals surface area contributed by atoms with Crippen molar-refractivity contribution in [2.45, 2.75) is 19.3 Å². The van der Waals surface area contributed by atoms with Crippen molar-refractivity contribution >= 4 is 39.8 Å². The van der Waals surface area contributed by atoms with Crippen LogP contribution in [0.4, 0.5) is 5.69 Å². The molecule has 0 bridgehead atoms. The molecule has 1 fully saturated rings. The second kappa shape index (κ2) is 7.34. The fourth-order valence-electron chi connectivity index (χ4n) is 3.73. The number of halogens is 2. The van der Waals surface area contributed by atoms with Crippen LogP contribution in [0.25, 0.3) is 10.9 Å². The second-order valence-corrected chi connectivity index (χ2v) is 7.70. The van der Waals surface area contributed by atoms with Gasteiger partial charge in [-0.1, -0.05) is 41.4 Å². The molecule has 0 atom stereocenters. The highest BCUT2D eigenvalue weighted by Gasteiger charge is 2.23. The average Bonchev–Trinajstić information content (AvgIpc) is 2.65. The van der Waals surface area contributed by atoms with Gasteiger partial charge in [0.05, 0.1) is 5.69 Å². The van der Waals surface area contributed by atoms with E-state index in [-0.39, 0.29) is 5.75 Å². The molecule has 0 spiro atoms. The molecular weight excluding hydrogens is 367 g/mol. The molecule has 0 N–H and O–H groups in total. The van der Waals surface area contributed by atoms with Crippen LogP contribution < -0.4 is 4.90 Å². The van der Waals surface area contributed by atoms with Gasteiger partial charge < -0.3 is 4.90 Å². The summed E-state index contributed by atoms with van der Waals surface area (Å²) in [5.74, 6) is 0.598. The van der Waals surface area contributed by atoms with E-state index in [0.717, 1.165) is 54.0 Å². The Kier molecular flexibility index (Phi) is 4.92. The maximum Gasteiger partial charge on any atom is 0.227 e. The van der Waals surface area contributed by atoms with Crippen molar-refractivity contribution in [3.8, 4) is 5.75 Å². The molecule has 0 unspecified atom stereocenters. The summed E-state index contributed by atoms with van der Waals surface area (Å²) in [7, 11) is 0. The number of rotatable bonds is 3. The van der Waals surface area contributed by atoms with Gasteiger partial charge in [0.1, 0.15) is 5.52 Å². The lowest BCUT2D eigenvalue weighted by molar-refractivity contribution is 0.353. The Morgan fingerprint density at radius 2 is 1.88 bits per heavy atom. The van der Waals surface area contributed by atoms with Gasteiger partial charge >= 0.3 is 0 Å². The molecule has 4 rings (SSSR count). The number of hydrogen-bond acceptors (Lipinski definition) is 2. The van der Waals surface area contributed by atoms with Crippen molar-refractivity contribution in [2.75, 3.05) is 18.0 Å². The van der Waals surface area contributed by atoms with Gasteiger partial charge in [-0.05, 0) is 55.0 Å². The molecule has 26 heavy (non-hydrogen) atoms. The smallest absolute Gasteiger partial charge is 0.227 e. The lowest BCUT2D eigenvalue weighted by Gasteiger charge is -2.34. The molecule has 5 heteroatoms. The number of fused-ring (bicyclic) bond motifs is 1. The van der Waals surface area contributed by atoms with Gasteiger partial charge in [-0.25, -0.2) is 0 Å². The van der Waals surface area contributed by atoms with E-state index in [1.54, 1.807) is 12.3 Å². The van der Waals surface area contributed by atoms with E-state index >= 15 is 0 Å². The van der Waals surface area contributed by atoms with Crippen molar-refractivity contribution in [1.29, 1.82) is 0 Å². The zero-order valence-corrected chi connectivity index (χ0v) is 15.8. The number of anilines is 1. The van der Waals surface area contributed by atoms with Crippen molar-refractivity contribution in [2.24, 2.45) is 5.92 Å². The fraction of sp³-hybridized carbons (Fsp3) is 0.286. The van der Waals surface area contributed by atoms with Crippen molar-refractivity contribution < 1.29 is 5.11 Å². The number of piperidine rings is 1. The summed E-state index contributed by atoms with van der Waals surface area (Å²) in [5, 5.41) is 15.0. The first-order chi connectivity index (χ1) is 12.6. The highest BCUT2D eigenvalue weighted by Crippen LogP contribution is 2.37. The minimum absolute atomic E-state index is 0.0299. The van der Waals surface area contributed by atoms with Crippen LogP contribution in [0.1, 0.15) is 18.4 Å². The standard InChI is InChI=1S/C21H19Cl2N2O/c22-17-5-3-16(18(23)13-17)12-14-7-10-25(11-8-14)19-6-4-15-2-1-9-24-20(15)21(19)26/h1-6,9,13-14H,7-8,10-12H2. The summed E-state index contributed by atoms with van der Waals surface area (Å²) in [6, 6.07) is 13.4. The third kappa shape index (κ3) is 3.46. The summed E-state index contributed by atoms with van der Waals surface area (Å²) in [5.41, 5.74) is 2.47. The van der Waals surface area contributed by atoms with E-state index in [1.807, 2.05) is 36.4 Å². The first-order valence-electron chi connectivity index (χ1n) is 8.85. The molecule has 2 aromatic carbocycles. The third-order valence-electron chi connectivity index (χ3n) is 5.19. The van der Waals surface area contributed by atoms with Gasteiger partial charge in [0, 0.05) is 34.7 Å². The van der Waals surface area contributed by atoms with E-state index in [2.05, 4.69) is 9.88 Å². The number of benzene rings is 2. The van der Waals surface area contributed by atoms with Gasteiger partial charge in [0.15, 0.2) is 0 Å². The predicted octanol–water partition coefficient (Wildman–Crippen LogP) is 6.14. The molecule has 1 aliphatic heterocycles. The maximum absolute atomic E-state index is 12.7. The molecule has 1 radical (unpaired) electrons. The first kappa shape index (κ1) is 17.4. The Hall–Kier alpha value is -1.97. The topological polar surface area (TPSA) is 36.0 Å². The second-order valence-electron chi connectivity index (χ2n) is 6.86. The fourth-order valence-corrected chi connectivity index (χ4v) is 4.22. The van der Waals surface area contributed by atoms with Crippen LogP contribution in [0.2, 0.25) is 10.0 Å². The zero-order valence-electron chi connectivity index (χ0n) is 14.3. The Morgan fingerprint density at radius 1 is 1.08 bits per heavy atom. The maximum atomic E-state index is 12.7. The monoisotopic (exact) mass is 385 g/mol. The van der Waals surface area contributed by atoms with Gasteiger partial charge in [0.2, 0.25) is 5.75 Å². The molecule has 1 saturated heterocycles. The van der Waals surface area contributed by atoms with Crippen LogP contribution in [-0.2, 0) is 11.5 Å². The Bertz CT molecular complexity index is 936. The summed E-state index contributed by atoms with van der Waals surface area (Å²) in [6.45, 7) is 1.76. The Balaban J connectivity index is 1.46.